The summed E-state index contributed by atoms with van der Waals surface area (Å²) in [7, 11) is 0. The highest BCUT2D eigenvalue weighted by molar-refractivity contribution is 6.33. The van der Waals surface area contributed by atoms with Crippen LogP contribution in [0.25, 0.3) is 10.9 Å². The number of aromatic nitrogens is 2. The molecule has 3 aromatic rings. The van der Waals surface area contributed by atoms with Gasteiger partial charge in [0.1, 0.15) is 5.75 Å². The van der Waals surface area contributed by atoms with Gasteiger partial charge in [-0.25, -0.2) is 9.97 Å². The Morgan fingerprint density at radius 1 is 1.11 bits per heavy atom. The molecule has 0 unspecified atom stereocenters. The first-order chi connectivity index (χ1) is 18.0. The summed E-state index contributed by atoms with van der Waals surface area (Å²) in [6.07, 6.45) is 6.89. The molecule has 0 atom stereocenters. The minimum Gasteiger partial charge on any atom is -0.508 e. The van der Waals surface area contributed by atoms with E-state index >= 15 is 0 Å². The first-order valence-corrected chi connectivity index (χ1v) is 14.1. The van der Waals surface area contributed by atoms with Gasteiger partial charge in [0.05, 0.1) is 16.2 Å². The molecule has 0 radical (unpaired) electrons. The number of hydrogen-bond donors (Lipinski definition) is 3. The highest BCUT2D eigenvalue weighted by atomic mass is 35.5. The summed E-state index contributed by atoms with van der Waals surface area (Å²) in [4.78, 5) is 14.2. The van der Waals surface area contributed by atoms with E-state index in [0.717, 1.165) is 65.0 Å². The van der Waals surface area contributed by atoms with E-state index in [1.807, 2.05) is 18.2 Å². The summed E-state index contributed by atoms with van der Waals surface area (Å²) in [5.74, 6) is 1.73. The number of phenolic OH excluding ortho intramolecular Hbond substituents is 1. The number of halogens is 1. The van der Waals surface area contributed by atoms with Crippen molar-refractivity contribution in [1.82, 2.24) is 20.2 Å². The molecule has 0 bridgehead atoms. The summed E-state index contributed by atoms with van der Waals surface area (Å²) in [6.45, 7) is 12.1. The van der Waals surface area contributed by atoms with Crippen LogP contribution in [0, 0.1) is 5.92 Å². The zero-order valence-electron chi connectivity index (χ0n) is 22.0. The average molecular weight is 523 g/mol. The van der Waals surface area contributed by atoms with Crippen molar-refractivity contribution in [1.29, 1.82) is 0 Å². The van der Waals surface area contributed by atoms with Crippen LogP contribution >= 0.6 is 11.6 Å². The summed E-state index contributed by atoms with van der Waals surface area (Å²) < 4.78 is 0. The highest BCUT2D eigenvalue weighted by Crippen LogP contribution is 2.35. The maximum atomic E-state index is 10.4. The van der Waals surface area contributed by atoms with Gasteiger partial charge < -0.3 is 25.5 Å². The molecule has 3 heterocycles. The van der Waals surface area contributed by atoms with E-state index in [2.05, 4.69) is 45.3 Å². The second-order valence-electron chi connectivity index (χ2n) is 10.7. The fourth-order valence-corrected chi connectivity index (χ4v) is 6.01. The summed E-state index contributed by atoms with van der Waals surface area (Å²) in [5.41, 5.74) is 3.55. The summed E-state index contributed by atoms with van der Waals surface area (Å²) >= 11 is 6.75. The molecule has 8 heteroatoms. The van der Waals surface area contributed by atoms with Crippen LogP contribution in [0.3, 0.4) is 0 Å². The number of aromatic hydroxyl groups is 1. The molecule has 7 nitrogen and oxygen atoms in total. The normalized spacial score (nSPS) is 17.6. The van der Waals surface area contributed by atoms with E-state index in [1.165, 1.54) is 45.3 Å². The lowest BCUT2D eigenvalue weighted by Gasteiger charge is -2.35. The van der Waals surface area contributed by atoms with E-state index < -0.39 is 0 Å². The Morgan fingerprint density at radius 3 is 2.62 bits per heavy atom. The van der Waals surface area contributed by atoms with Gasteiger partial charge in [-0.15, -0.1) is 0 Å². The predicted octanol–water partition coefficient (Wildman–Crippen LogP) is 5.76. The molecule has 1 aromatic heterocycles. The standard InChI is InChI=1S/C29H39ClN6O/c1-20(2)27-26(37)8-5-22-19-32-29(34-28(22)27)33-23-6-7-25(24(30)18-23)36-14-9-21(10-15-36)4-3-13-35-16-11-31-12-17-35/h5-8,18-21,31,37H,3-4,9-17H2,1-2H3,(H,32,33,34). The second-order valence-corrected chi connectivity index (χ2v) is 11.1. The van der Waals surface area contributed by atoms with Crippen LogP contribution < -0.4 is 15.5 Å². The van der Waals surface area contributed by atoms with Crippen LogP contribution in [0.4, 0.5) is 17.3 Å². The van der Waals surface area contributed by atoms with Crippen LogP contribution in [-0.4, -0.2) is 65.8 Å². The van der Waals surface area contributed by atoms with Crippen molar-refractivity contribution in [2.75, 3.05) is 56.0 Å². The lowest BCUT2D eigenvalue weighted by atomic mass is 9.92. The molecule has 2 fully saturated rings. The molecule has 2 aromatic carbocycles. The van der Waals surface area contributed by atoms with Gasteiger partial charge in [0.15, 0.2) is 0 Å². The van der Waals surface area contributed by atoms with Crippen LogP contribution in [0.2, 0.25) is 5.02 Å². The monoisotopic (exact) mass is 522 g/mol. The van der Waals surface area contributed by atoms with Crippen molar-refractivity contribution in [3.05, 3.63) is 47.1 Å². The smallest absolute Gasteiger partial charge is 0.227 e. The third kappa shape index (κ3) is 6.28. The first kappa shape index (κ1) is 26.0. The quantitative estimate of drug-likeness (QED) is 0.347. The number of rotatable bonds is 8. The van der Waals surface area contributed by atoms with Crippen LogP contribution in [0.15, 0.2) is 36.5 Å². The number of fused-ring (bicyclic) bond motifs is 1. The molecule has 3 N–H and O–H groups in total. The minimum atomic E-state index is 0.150. The first-order valence-electron chi connectivity index (χ1n) is 13.7. The van der Waals surface area contributed by atoms with Gasteiger partial charge in [0.25, 0.3) is 0 Å². The molecule has 0 spiro atoms. The van der Waals surface area contributed by atoms with Gasteiger partial charge in [0.2, 0.25) is 5.95 Å². The van der Waals surface area contributed by atoms with Gasteiger partial charge >= 0.3 is 0 Å². The predicted molar refractivity (Wildman–Crippen MR) is 154 cm³/mol. The Balaban J connectivity index is 1.18. The SMILES string of the molecule is CC(C)c1c(O)ccc2cnc(Nc3ccc(N4CCC(CCCN5CCNCC5)CC4)c(Cl)c3)nc12. The van der Waals surface area contributed by atoms with E-state index in [4.69, 9.17) is 16.6 Å². The number of anilines is 3. The van der Waals surface area contributed by atoms with E-state index in [9.17, 15) is 5.11 Å². The lowest BCUT2D eigenvalue weighted by Crippen LogP contribution is -2.43. The maximum absolute atomic E-state index is 10.4. The van der Waals surface area contributed by atoms with Gasteiger partial charge in [0, 0.05) is 62.1 Å². The third-order valence-corrected chi connectivity index (χ3v) is 8.10. The van der Waals surface area contributed by atoms with Gasteiger partial charge in [-0.05, 0) is 74.4 Å². The second kappa shape index (κ2) is 11.8. The van der Waals surface area contributed by atoms with Gasteiger partial charge in [-0.1, -0.05) is 25.4 Å². The van der Waals surface area contributed by atoms with Crippen molar-refractivity contribution in [3.8, 4) is 5.75 Å². The van der Waals surface area contributed by atoms with E-state index in [0.29, 0.717) is 5.95 Å². The molecule has 0 saturated carbocycles. The molecule has 0 amide bonds. The average Bonchev–Trinajstić information content (AvgIpc) is 2.89. The zero-order chi connectivity index (χ0) is 25.8. The minimum absolute atomic E-state index is 0.150. The highest BCUT2D eigenvalue weighted by Gasteiger charge is 2.21. The molecular weight excluding hydrogens is 484 g/mol. The Bertz CT molecular complexity index is 1200. The van der Waals surface area contributed by atoms with E-state index in [-0.39, 0.29) is 11.7 Å². The van der Waals surface area contributed by atoms with Crippen molar-refractivity contribution in [3.63, 3.8) is 0 Å². The Hall–Kier alpha value is -2.61. The number of piperidine rings is 1. The molecule has 5 rings (SSSR count). The molecule has 2 saturated heterocycles. The maximum Gasteiger partial charge on any atom is 0.227 e. The third-order valence-electron chi connectivity index (χ3n) is 7.80. The van der Waals surface area contributed by atoms with Gasteiger partial charge in [-0.2, -0.15) is 0 Å². The largest absolute Gasteiger partial charge is 0.508 e. The topological polar surface area (TPSA) is 76.6 Å². The number of nitrogens with zero attached hydrogens (tertiary/aromatic N) is 4. The number of benzene rings is 2. The number of hydrogen-bond acceptors (Lipinski definition) is 7. The molecule has 0 aliphatic carbocycles. The number of piperazine rings is 1. The van der Waals surface area contributed by atoms with Crippen LogP contribution in [0.5, 0.6) is 5.75 Å². The van der Waals surface area contributed by atoms with Crippen molar-refractivity contribution < 1.29 is 5.11 Å². The van der Waals surface area contributed by atoms with Crippen molar-refractivity contribution in [2.45, 2.75) is 45.4 Å². The lowest BCUT2D eigenvalue weighted by molar-refractivity contribution is 0.227. The Kier molecular flexibility index (Phi) is 8.33. The van der Waals surface area contributed by atoms with Crippen LogP contribution in [-0.2, 0) is 0 Å². The number of nitrogens with one attached hydrogen (secondary N) is 2. The molecule has 198 valence electrons. The zero-order valence-corrected chi connectivity index (χ0v) is 22.8. The van der Waals surface area contributed by atoms with Crippen molar-refractivity contribution in [2.24, 2.45) is 5.92 Å². The fourth-order valence-electron chi connectivity index (χ4n) is 5.71. The van der Waals surface area contributed by atoms with Crippen LogP contribution in [0.1, 0.15) is 51.0 Å². The molecule has 2 aliphatic rings. The fraction of sp³-hybridized carbons (Fsp3) is 0.517. The molecule has 2 aliphatic heterocycles. The number of phenols is 1. The van der Waals surface area contributed by atoms with Crippen molar-refractivity contribution >= 4 is 39.8 Å². The summed E-state index contributed by atoms with van der Waals surface area (Å²) in [5, 5.41) is 18.7. The van der Waals surface area contributed by atoms with E-state index in [1.54, 1.807) is 12.3 Å². The molecule has 37 heavy (non-hydrogen) atoms. The molecular formula is C29H39ClN6O. The Labute approximate surface area is 225 Å². The Morgan fingerprint density at radius 2 is 1.89 bits per heavy atom. The summed E-state index contributed by atoms with van der Waals surface area (Å²) in [6, 6.07) is 9.66. The van der Waals surface area contributed by atoms with Gasteiger partial charge in [-0.3, -0.25) is 0 Å².